The highest BCUT2D eigenvalue weighted by Crippen LogP contribution is 2.12. The Labute approximate surface area is 125 Å². The van der Waals surface area contributed by atoms with Crippen molar-refractivity contribution in [3.05, 3.63) is 42.0 Å². The molecule has 0 radical (unpaired) electrons. The molecule has 19 heavy (non-hydrogen) atoms. The van der Waals surface area contributed by atoms with Crippen LogP contribution in [0.1, 0.15) is 12.5 Å². The number of alkyl halides is 2. The first-order valence-corrected chi connectivity index (χ1v) is 8.09. The Hall–Kier alpha value is -0.550. The van der Waals surface area contributed by atoms with Gasteiger partial charge in [0.1, 0.15) is 0 Å². The van der Waals surface area contributed by atoms with Gasteiger partial charge in [0.25, 0.3) is 10.1 Å². The lowest BCUT2D eigenvalue weighted by Crippen LogP contribution is -2.05. The molecule has 0 spiro atoms. The molecule has 0 atom stereocenters. The van der Waals surface area contributed by atoms with Gasteiger partial charge < -0.3 is 0 Å². The summed E-state index contributed by atoms with van der Waals surface area (Å²) < 4.78 is 27.3. The first-order valence-electron chi connectivity index (χ1n) is 5.62. The molecule has 0 aliphatic carbocycles. The summed E-state index contributed by atoms with van der Waals surface area (Å²) in [5.74, 6) is 0.951. The minimum absolute atomic E-state index is 0.163. The monoisotopic (exact) mass is 324 g/mol. The summed E-state index contributed by atoms with van der Waals surface area (Å²) in [5, 5.41) is 0. The largest absolute Gasteiger partial charge is 0.296 e. The third kappa shape index (κ3) is 7.57. The van der Waals surface area contributed by atoms with Crippen molar-refractivity contribution in [2.75, 3.05) is 18.4 Å². The average molecular weight is 325 g/mol. The Balaban J connectivity index is 0.000000459. The summed E-state index contributed by atoms with van der Waals surface area (Å²) in [7, 11) is -3.53. The van der Waals surface area contributed by atoms with Crippen LogP contribution >= 0.6 is 23.2 Å². The highest BCUT2D eigenvalue weighted by Gasteiger charge is 2.12. The lowest BCUT2D eigenvalue weighted by atomic mass is 10.2. The molecule has 1 aromatic rings. The number of aryl methyl sites for hydroxylation is 1. The predicted octanol–water partition coefficient (Wildman–Crippen LogP) is 3.74. The van der Waals surface area contributed by atoms with Gasteiger partial charge in [-0.25, -0.2) is 0 Å². The fourth-order valence-corrected chi connectivity index (χ4v) is 2.17. The average Bonchev–Trinajstić information content (AvgIpc) is 2.39. The molecule has 0 amide bonds. The van der Waals surface area contributed by atoms with Gasteiger partial charge in [0, 0.05) is 11.8 Å². The summed E-state index contributed by atoms with van der Waals surface area (Å²) in [4.78, 5) is 0.208. The number of hydrogen-bond donors (Lipinski definition) is 0. The van der Waals surface area contributed by atoms with Crippen LogP contribution in [0.15, 0.2) is 41.3 Å². The minimum Gasteiger partial charge on any atom is -0.267 e. The minimum atomic E-state index is -3.53. The molecular formula is C13H18Cl2O3S. The molecule has 0 heterocycles. The highest BCUT2D eigenvalue weighted by molar-refractivity contribution is 7.86. The van der Waals surface area contributed by atoms with Crippen LogP contribution in [0.4, 0.5) is 0 Å². The Kier molecular flexibility index (Phi) is 9.10. The van der Waals surface area contributed by atoms with E-state index in [4.69, 9.17) is 23.2 Å². The second kappa shape index (κ2) is 9.37. The van der Waals surface area contributed by atoms with E-state index in [0.29, 0.717) is 11.8 Å². The maximum atomic E-state index is 11.3. The molecule has 0 aliphatic heterocycles. The molecule has 0 aliphatic rings. The van der Waals surface area contributed by atoms with E-state index >= 15 is 0 Å². The van der Waals surface area contributed by atoms with Gasteiger partial charge >= 0.3 is 0 Å². The van der Waals surface area contributed by atoms with Crippen molar-refractivity contribution in [3.8, 4) is 0 Å². The van der Waals surface area contributed by atoms with Crippen molar-refractivity contribution in [1.29, 1.82) is 0 Å². The lowest BCUT2D eigenvalue weighted by molar-refractivity contribution is 0.338. The molecule has 0 fully saturated rings. The quantitative estimate of drug-likeness (QED) is 0.470. The molecule has 0 aromatic heterocycles. The number of hydrogen-bond acceptors (Lipinski definition) is 3. The zero-order valence-electron chi connectivity index (χ0n) is 11.0. The van der Waals surface area contributed by atoms with E-state index in [1.165, 1.54) is 0 Å². The van der Waals surface area contributed by atoms with Crippen LogP contribution in [0.5, 0.6) is 0 Å². The molecule has 0 unspecified atom stereocenters. The Morgan fingerprint density at radius 1 is 1.21 bits per heavy atom. The van der Waals surface area contributed by atoms with Crippen LogP contribution in [0.2, 0.25) is 0 Å². The molecule has 6 heteroatoms. The summed E-state index contributed by atoms with van der Waals surface area (Å²) in [6.45, 7) is 7.24. The molecule has 108 valence electrons. The normalized spacial score (nSPS) is 10.5. The zero-order chi connectivity index (χ0) is 14.9. The smallest absolute Gasteiger partial charge is 0.267 e. The third-order valence-corrected chi connectivity index (χ3v) is 4.11. The van der Waals surface area contributed by atoms with Crippen molar-refractivity contribution >= 4 is 33.3 Å². The zero-order valence-corrected chi connectivity index (χ0v) is 13.4. The fourth-order valence-electron chi connectivity index (χ4n) is 0.964. The summed E-state index contributed by atoms with van der Waals surface area (Å²) >= 11 is 10.5. The number of halogens is 2. The molecule has 0 saturated carbocycles. The van der Waals surface area contributed by atoms with Crippen LogP contribution in [-0.2, 0) is 14.3 Å². The molecule has 1 rings (SSSR count). The summed E-state index contributed by atoms with van der Waals surface area (Å²) in [6.07, 6.45) is 0. The maximum Gasteiger partial charge on any atom is 0.296 e. The van der Waals surface area contributed by atoms with E-state index in [0.717, 1.165) is 11.1 Å². The predicted molar refractivity (Wildman–Crippen MR) is 80.6 cm³/mol. The van der Waals surface area contributed by atoms with E-state index in [-0.39, 0.29) is 11.5 Å². The van der Waals surface area contributed by atoms with Crippen molar-refractivity contribution < 1.29 is 12.6 Å². The van der Waals surface area contributed by atoms with E-state index in [9.17, 15) is 8.42 Å². The van der Waals surface area contributed by atoms with Crippen LogP contribution in [0, 0.1) is 6.92 Å². The van der Waals surface area contributed by atoms with Gasteiger partial charge in [-0.15, -0.1) is 23.2 Å². The molecule has 0 saturated heterocycles. The fraction of sp³-hybridized carbons (Fsp3) is 0.385. The van der Waals surface area contributed by atoms with Gasteiger partial charge in [-0.05, 0) is 31.6 Å². The first kappa shape index (κ1) is 18.4. The number of benzene rings is 1. The van der Waals surface area contributed by atoms with Gasteiger partial charge in [0.2, 0.25) is 0 Å². The van der Waals surface area contributed by atoms with Gasteiger partial charge in [0.05, 0.1) is 11.5 Å². The van der Waals surface area contributed by atoms with E-state index in [2.05, 4.69) is 10.8 Å². The summed E-state index contributed by atoms with van der Waals surface area (Å²) in [5.41, 5.74) is 1.90. The standard InChI is InChI=1S/C9H12O3S.C4H6Cl2/c1-3-12-13(10,11)9-6-4-8(2)5-7-9;1-4(2-5)3-6/h4-7H,3H2,1-2H3;1-3H2. The summed E-state index contributed by atoms with van der Waals surface area (Å²) in [6, 6.07) is 6.57. The van der Waals surface area contributed by atoms with Crippen LogP contribution in [0.3, 0.4) is 0 Å². The molecule has 0 bridgehead atoms. The van der Waals surface area contributed by atoms with E-state index < -0.39 is 10.1 Å². The number of rotatable bonds is 5. The molecule has 3 nitrogen and oxygen atoms in total. The van der Waals surface area contributed by atoms with Gasteiger partial charge in [0.15, 0.2) is 0 Å². The van der Waals surface area contributed by atoms with E-state index in [1.807, 2.05) is 6.92 Å². The molecular weight excluding hydrogens is 307 g/mol. The van der Waals surface area contributed by atoms with Crippen LogP contribution in [-0.4, -0.2) is 26.8 Å². The van der Waals surface area contributed by atoms with Crippen molar-refractivity contribution in [2.24, 2.45) is 0 Å². The molecule has 1 aromatic carbocycles. The van der Waals surface area contributed by atoms with Crippen molar-refractivity contribution in [3.63, 3.8) is 0 Å². The van der Waals surface area contributed by atoms with E-state index in [1.54, 1.807) is 31.2 Å². The van der Waals surface area contributed by atoms with Crippen molar-refractivity contribution in [2.45, 2.75) is 18.7 Å². The SMILES string of the molecule is C=C(CCl)CCl.CCOS(=O)(=O)c1ccc(C)cc1. The van der Waals surface area contributed by atoms with Gasteiger partial charge in [-0.2, -0.15) is 8.42 Å². The first-order chi connectivity index (χ1) is 8.87. The maximum absolute atomic E-state index is 11.3. The second-order valence-corrected chi connectivity index (χ2v) is 5.84. The Bertz CT molecular complexity index is 475. The Morgan fingerprint density at radius 3 is 2.00 bits per heavy atom. The third-order valence-electron chi connectivity index (χ3n) is 1.96. The number of allylic oxidation sites excluding steroid dienone is 1. The van der Waals surface area contributed by atoms with Gasteiger partial charge in [-0.3, -0.25) is 4.18 Å². The lowest BCUT2D eigenvalue weighted by Gasteiger charge is -2.02. The topological polar surface area (TPSA) is 43.4 Å². The second-order valence-electron chi connectivity index (χ2n) is 3.69. The molecule has 0 N–H and O–H groups in total. The highest BCUT2D eigenvalue weighted by atomic mass is 35.5. The van der Waals surface area contributed by atoms with Crippen LogP contribution in [0.25, 0.3) is 0 Å². The Morgan fingerprint density at radius 2 is 1.68 bits per heavy atom. The van der Waals surface area contributed by atoms with Gasteiger partial charge in [-0.1, -0.05) is 24.3 Å². The van der Waals surface area contributed by atoms with Crippen LogP contribution < -0.4 is 0 Å². The van der Waals surface area contributed by atoms with Crippen molar-refractivity contribution in [1.82, 2.24) is 0 Å².